The highest BCUT2D eigenvalue weighted by atomic mass is 16.5. The summed E-state index contributed by atoms with van der Waals surface area (Å²) in [6, 6.07) is 0. The van der Waals surface area contributed by atoms with Gasteiger partial charge in [0.15, 0.2) is 6.29 Å². The monoisotopic (exact) mass is 311 g/mol. The van der Waals surface area contributed by atoms with Crippen molar-refractivity contribution in [1.29, 1.82) is 0 Å². The fourth-order valence-corrected chi connectivity index (χ4v) is 2.11. The molecule has 0 aromatic heterocycles. The van der Waals surface area contributed by atoms with Gasteiger partial charge in [0.25, 0.3) is 0 Å². The van der Waals surface area contributed by atoms with Crippen LogP contribution in [0, 0.1) is 0 Å². The lowest BCUT2D eigenvalue weighted by molar-refractivity contribution is -0.120. The average molecular weight is 311 g/mol. The van der Waals surface area contributed by atoms with Crippen molar-refractivity contribution in [3.8, 4) is 0 Å². The van der Waals surface area contributed by atoms with E-state index in [-0.39, 0.29) is 17.3 Å². The first-order chi connectivity index (χ1) is 10.6. The lowest BCUT2D eigenvalue weighted by Gasteiger charge is -2.02. The van der Waals surface area contributed by atoms with Crippen LogP contribution in [0.5, 0.6) is 0 Å². The highest BCUT2D eigenvalue weighted by Crippen LogP contribution is 2.08. The lowest BCUT2D eigenvalue weighted by atomic mass is 10.0. The molecule has 0 amide bonds. The van der Waals surface area contributed by atoms with Crippen molar-refractivity contribution < 1.29 is 23.9 Å². The highest BCUT2D eigenvalue weighted by molar-refractivity contribution is 5.82. The lowest BCUT2D eigenvalue weighted by Crippen LogP contribution is -2.04. The number of hydrogen-bond donors (Lipinski definition) is 0. The summed E-state index contributed by atoms with van der Waals surface area (Å²) in [7, 11) is 1.61. The first kappa shape index (κ1) is 20.6. The molecule has 0 rings (SSSR count). The van der Waals surface area contributed by atoms with Crippen molar-refractivity contribution in [2.75, 3.05) is 13.7 Å². The third kappa shape index (κ3) is 13.6. The Labute approximate surface area is 132 Å². The van der Waals surface area contributed by atoms with E-state index in [2.05, 4.69) is 0 Å². The SMILES string of the molecule is COCCCC(=O)CCCC(=O)CCCC(=O)CCC[C]=O. The molecule has 0 aromatic carbocycles. The number of Topliss-reactive ketones (excluding diaryl/α,β-unsaturated/α-hetero) is 3. The minimum Gasteiger partial charge on any atom is -0.385 e. The number of unbranched alkanes of at least 4 members (excludes halogenated alkanes) is 1. The van der Waals surface area contributed by atoms with Gasteiger partial charge < -0.3 is 4.74 Å². The van der Waals surface area contributed by atoms with E-state index in [0.717, 1.165) is 6.42 Å². The quantitative estimate of drug-likeness (QED) is 0.410. The standard InChI is InChI=1S/C17H27O5/c1-22-14-6-12-17(21)11-5-10-16(20)9-4-8-15(19)7-2-3-13-18/h2-12,14H2,1H3. The highest BCUT2D eigenvalue weighted by Gasteiger charge is 2.07. The van der Waals surface area contributed by atoms with Crippen LogP contribution in [0.1, 0.15) is 70.6 Å². The molecule has 0 aliphatic rings. The molecule has 5 nitrogen and oxygen atoms in total. The Bertz CT molecular complexity index is 349. The summed E-state index contributed by atoms with van der Waals surface area (Å²) in [4.78, 5) is 44.6. The molecule has 1 radical (unpaired) electrons. The van der Waals surface area contributed by atoms with E-state index in [1.807, 2.05) is 0 Å². The van der Waals surface area contributed by atoms with E-state index in [0.29, 0.717) is 70.8 Å². The van der Waals surface area contributed by atoms with Crippen LogP contribution in [0.4, 0.5) is 0 Å². The van der Waals surface area contributed by atoms with E-state index in [1.54, 1.807) is 13.4 Å². The molecular formula is C17H27O5. The third-order valence-electron chi connectivity index (χ3n) is 3.36. The van der Waals surface area contributed by atoms with Crippen LogP contribution in [0.2, 0.25) is 0 Å². The summed E-state index contributed by atoms with van der Waals surface area (Å²) in [6.07, 6.45) is 7.00. The van der Waals surface area contributed by atoms with Gasteiger partial charge in [0.1, 0.15) is 17.3 Å². The fraction of sp³-hybridized carbons (Fsp3) is 0.765. The van der Waals surface area contributed by atoms with Crippen LogP contribution in [0.15, 0.2) is 0 Å². The van der Waals surface area contributed by atoms with E-state index in [9.17, 15) is 19.2 Å². The van der Waals surface area contributed by atoms with Gasteiger partial charge >= 0.3 is 0 Å². The maximum Gasteiger partial charge on any atom is 0.198 e. The first-order valence-corrected chi connectivity index (χ1v) is 7.99. The van der Waals surface area contributed by atoms with Gasteiger partial charge in [-0.1, -0.05) is 0 Å². The number of methoxy groups -OCH3 is 1. The Morgan fingerprint density at radius 1 is 0.727 bits per heavy atom. The van der Waals surface area contributed by atoms with Gasteiger partial charge in [-0.05, 0) is 25.7 Å². The predicted molar refractivity (Wildman–Crippen MR) is 83.4 cm³/mol. The molecule has 0 unspecified atom stereocenters. The fourth-order valence-electron chi connectivity index (χ4n) is 2.11. The molecule has 0 aliphatic carbocycles. The Morgan fingerprint density at radius 3 is 1.55 bits per heavy atom. The maximum absolute atomic E-state index is 11.6. The Kier molecular flexibility index (Phi) is 13.7. The summed E-state index contributed by atoms with van der Waals surface area (Å²) in [6.45, 7) is 0.587. The zero-order valence-corrected chi connectivity index (χ0v) is 13.5. The third-order valence-corrected chi connectivity index (χ3v) is 3.36. The number of ether oxygens (including phenoxy) is 1. The van der Waals surface area contributed by atoms with Gasteiger partial charge in [0.05, 0.1) is 0 Å². The molecule has 0 fully saturated rings. The van der Waals surface area contributed by atoms with Crippen molar-refractivity contribution in [2.45, 2.75) is 70.6 Å². The molecule has 0 heterocycles. The molecule has 0 aliphatic heterocycles. The molecule has 0 atom stereocenters. The van der Waals surface area contributed by atoms with Gasteiger partial charge in [-0.3, -0.25) is 19.2 Å². The van der Waals surface area contributed by atoms with Gasteiger partial charge in [0, 0.05) is 58.7 Å². The van der Waals surface area contributed by atoms with E-state index < -0.39 is 0 Å². The number of carbonyl (C=O) groups excluding carboxylic acids is 4. The average Bonchev–Trinajstić information content (AvgIpc) is 2.48. The molecular weight excluding hydrogens is 284 g/mol. The van der Waals surface area contributed by atoms with E-state index >= 15 is 0 Å². The zero-order chi connectivity index (χ0) is 16.6. The molecule has 0 saturated heterocycles. The second-order valence-corrected chi connectivity index (χ2v) is 5.42. The van der Waals surface area contributed by atoms with E-state index in [1.165, 1.54) is 0 Å². The van der Waals surface area contributed by atoms with Gasteiger partial charge in [-0.15, -0.1) is 0 Å². The van der Waals surface area contributed by atoms with Gasteiger partial charge in [-0.25, -0.2) is 0 Å². The molecule has 0 spiro atoms. The smallest absolute Gasteiger partial charge is 0.198 e. The van der Waals surface area contributed by atoms with Crippen molar-refractivity contribution in [3.05, 3.63) is 0 Å². The topological polar surface area (TPSA) is 77.5 Å². The second kappa shape index (κ2) is 14.6. The summed E-state index contributed by atoms with van der Waals surface area (Å²) in [5.41, 5.74) is 0. The van der Waals surface area contributed by atoms with Crippen molar-refractivity contribution in [3.63, 3.8) is 0 Å². The van der Waals surface area contributed by atoms with Crippen LogP contribution in [-0.4, -0.2) is 37.4 Å². The zero-order valence-electron chi connectivity index (χ0n) is 13.5. The van der Waals surface area contributed by atoms with Crippen molar-refractivity contribution in [2.24, 2.45) is 0 Å². The minimum atomic E-state index is 0.0939. The molecule has 0 saturated carbocycles. The molecule has 125 valence electrons. The molecule has 22 heavy (non-hydrogen) atoms. The molecule has 0 aromatic rings. The maximum atomic E-state index is 11.6. The minimum absolute atomic E-state index is 0.0939. The number of carbonyl (C=O) groups is 3. The Hall–Kier alpha value is -1.36. The van der Waals surface area contributed by atoms with Crippen LogP contribution in [0.3, 0.4) is 0 Å². The second-order valence-electron chi connectivity index (χ2n) is 5.42. The Morgan fingerprint density at radius 2 is 1.14 bits per heavy atom. The normalized spacial score (nSPS) is 10.4. The number of rotatable bonds is 16. The van der Waals surface area contributed by atoms with Crippen LogP contribution < -0.4 is 0 Å². The van der Waals surface area contributed by atoms with E-state index in [4.69, 9.17) is 4.74 Å². The summed E-state index contributed by atoms with van der Waals surface area (Å²) in [5, 5.41) is 0. The largest absolute Gasteiger partial charge is 0.385 e. The van der Waals surface area contributed by atoms with Crippen LogP contribution in [-0.2, 0) is 23.9 Å². The van der Waals surface area contributed by atoms with Crippen molar-refractivity contribution in [1.82, 2.24) is 0 Å². The molecule has 0 bridgehead atoms. The van der Waals surface area contributed by atoms with Gasteiger partial charge in [0.2, 0.25) is 0 Å². The van der Waals surface area contributed by atoms with Crippen LogP contribution >= 0.6 is 0 Å². The first-order valence-electron chi connectivity index (χ1n) is 7.99. The Balaban J connectivity index is 3.51. The molecule has 5 heteroatoms. The predicted octanol–water partition coefficient (Wildman–Crippen LogP) is 2.74. The summed E-state index contributed by atoms with van der Waals surface area (Å²) in [5.74, 6) is 0.377. The van der Waals surface area contributed by atoms with Crippen LogP contribution in [0.25, 0.3) is 0 Å². The number of ketones is 3. The summed E-state index contributed by atoms with van der Waals surface area (Å²) >= 11 is 0. The van der Waals surface area contributed by atoms with Gasteiger partial charge in [-0.2, -0.15) is 0 Å². The molecule has 0 N–H and O–H groups in total. The summed E-state index contributed by atoms with van der Waals surface area (Å²) < 4.78 is 4.88. The van der Waals surface area contributed by atoms with Crippen molar-refractivity contribution >= 4 is 23.6 Å². The number of hydrogen-bond acceptors (Lipinski definition) is 5.